The Morgan fingerprint density at radius 2 is 1.86 bits per heavy atom. The van der Waals surface area contributed by atoms with Gasteiger partial charge in [-0.1, -0.05) is 23.2 Å². The first-order valence-electron chi connectivity index (χ1n) is 9.21. The summed E-state index contributed by atoms with van der Waals surface area (Å²) in [6.07, 6.45) is 2.75. The summed E-state index contributed by atoms with van der Waals surface area (Å²) in [6.45, 7) is 2.68. The fraction of sp³-hybridized carbons (Fsp3) is 0.350. The van der Waals surface area contributed by atoms with E-state index in [9.17, 15) is 14.4 Å². The average molecular weight is 438 g/mol. The lowest BCUT2D eigenvalue weighted by atomic mass is 10.0. The van der Waals surface area contributed by atoms with E-state index in [1.54, 1.807) is 17.0 Å². The van der Waals surface area contributed by atoms with Crippen molar-refractivity contribution in [1.29, 1.82) is 0 Å². The van der Waals surface area contributed by atoms with Gasteiger partial charge in [-0.3, -0.25) is 14.4 Å². The number of furan rings is 1. The van der Waals surface area contributed by atoms with Gasteiger partial charge >= 0.3 is 0 Å². The van der Waals surface area contributed by atoms with E-state index >= 15 is 0 Å². The molecule has 1 aromatic carbocycles. The topological polar surface area (TPSA) is 91.7 Å². The number of hydrogen-bond acceptors (Lipinski definition) is 4. The zero-order valence-electron chi connectivity index (χ0n) is 15.8. The summed E-state index contributed by atoms with van der Waals surface area (Å²) in [4.78, 5) is 38.5. The minimum Gasteiger partial charge on any atom is -0.459 e. The molecular weight excluding hydrogens is 417 g/mol. The van der Waals surface area contributed by atoms with Crippen LogP contribution >= 0.6 is 23.2 Å². The number of amides is 3. The van der Waals surface area contributed by atoms with Crippen LogP contribution in [0.4, 0.5) is 0 Å². The maximum absolute atomic E-state index is 12.4. The number of carbonyl (C=O) groups is 3. The summed E-state index contributed by atoms with van der Waals surface area (Å²) in [6, 6.07) is 6.26. The van der Waals surface area contributed by atoms with E-state index in [4.69, 9.17) is 27.6 Å². The molecule has 29 heavy (non-hydrogen) atoms. The van der Waals surface area contributed by atoms with Crippen molar-refractivity contribution in [2.24, 2.45) is 0 Å². The summed E-state index contributed by atoms with van der Waals surface area (Å²) in [5.41, 5.74) is 1.05. The SMILES string of the molecule is Cc1ccoc1C(=O)NC1CCN(C(=O)CNC(=O)c2ccc(Cl)cc2Cl)CC1. The normalized spacial score (nSPS) is 14.5. The van der Waals surface area contributed by atoms with E-state index in [1.807, 2.05) is 6.92 Å². The second kappa shape index (κ2) is 9.33. The highest BCUT2D eigenvalue weighted by atomic mass is 35.5. The first-order chi connectivity index (χ1) is 13.8. The third kappa shape index (κ3) is 5.31. The molecule has 9 heteroatoms. The molecule has 2 aromatic rings. The Hall–Kier alpha value is -2.51. The van der Waals surface area contributed by atoms with Crippen LogP contribution in [-0.2, 0) is 4.79 Å². The minimum absolute atomic E-state index is 0.0292. The molecule has 154 valence electrons. The van der Waals surface area contributed by atoms with Gasteiger partial charge in [-0.2, -0.15) is 0 Å². The third-order valence-corrected chi connectivity index (χ3v) is 5.37. The van der Waals surface area contributed by atoms with Crippen LogP contribution in [0, 0.1) is 6.92 Å². The number of hydrogen-bond donors (Lipinski definition) is 2. The molecule has 0 aliphatic carbocycles. The molecule has 0 bridgehead atoms. The van der Waals surface area contributed by atoms with Gasteiger partial charge in [0, 0.05) is 29.7 Å². The number of benzene rings is 1. The summed E-state index contributed by atoms with van der Waals surface area (Å²) in [5.74, 6) is -0.553. The number of carbonyl (C=O) groups excluding carboxylic acids is 3. The van der Waals surface area contributed by atoms with E-state index in [-0.39, 0.29) is 35.0 Å². The van der Waals surface area contributed by atoms with Gasteiger partial charge in [-0.05, 0) is 44.0 Å². The number of aryl methyl sites for hydroxylation is 1. The quantitative estimate of drug-likeness (QED) is 0.751. The van der Waals surface area contributed by atoms with Gasteiger partial charge in [0.2, 0.25) is 5.91 Å². The Labute approximate surface area is 178 Å². The van der Waals surface area contributed by atoms with Gasteiger partial charge < -0.3 is 20.0 Å². The summed E-state index contributed by atoms with van der Waals surface area (Å²) >= 11 is 11.8. The molecule has 0 unspecified atom stereocenters. The van der Waals surface area contributed by atoms with E-state index in [0.717, 1.165) is 5.56 Å². The molecule has 1 aliphatic rings. The highest BCUT2D eigenvalue weighted by Gasteiger charge is 2.25. The Balaban J connectivity index is 1.44. The zero-order valence-corrected chi connectivity index (χ0v) is 17.3. The van der Waals surface area contributed by atoms with Crippen LogP contribution in [0.15, 0.2) is 34.9 Å². The smallest absolute Gasteiger partial charge is 0.287 e. The van der Waals surface area contributed by atoms with Crippen LogP contribution in [0.2, 0.25) is 10.0 Å². The largest absolute Gasteiger partial charge is 0.459 e. The number of nitrogens with zero attached hydrogens (tertiary/aromatic N) is 1. The molecule has 0 radical (unpaired) electrons. The Morgan fingerprint density at radius 3 is 2.48 bits per heavy atom. The molecule has 1 fully saturated rings. The van der Waals surface area contributed by atoms with Crippen molar-refractivity contribution in [3.05, 3.63) is 57.5 Å². The van der Waals surface area contributed by atoms with Crippen molar-refractivity contribution in [3.8, 4) is 0 Å². The third-order valence-electron chi connectivity index (χ3n) is 4.83. The highest BCUT2D eigenvalue weighted by Crippen LogP contribution is 2.21. The lowest BCUT2D eigenvalue weighted by Gasteiger charge is -2.32. The second-order valence-corrected chi connectivity index (χ2v) is 7.71. The fourth-order valence-electron chi connectivity index (χ4n) is 3.17. The van der Waals surface area contributed by atoms with Gasteiger partial charge in [0.05, 0.1) is 23.4 Å². The molecule has 3 amide bonds. The highest BCUT2D eigenvalue weighted by molar-refractivity contribution is 6.36. The summed E-state index contributed by atoms with van der Waals surface area (Å²) in [5, 5.41) is 6.18. The number of nitrogens with one attached hydrogen (secondary N) is 2. The first-order valence-corrected chi connectivity index (χ1v) is 9.96. The molecule has 2 N–H and O–H groups in total. The molecule has 2 heterocycles. The predicted octanol–water partition coefficient (Wildman–Crippen LogP) is 3.05. The van der Waals surface area contributed by atoms with Crippen LogP contribution in [0.25, 0.3) is 0 Å². The summed E-state index contributed by atoms with van der Waals surface area (Å²) in [7, 11) is 0. The van der Waals surface area contributed by atoms with E-state index in [1.165, 1.54) is 18.4 Å². The monoisotopic (exact) mass is 437 g/mol. The second-order valence-electron chi connectivity index (χ2n) is 6.87. The van der Waals surface area contributed by atoms with Crippen LogP contribution in [-0.4, -0.2) is 48.3 Å². The van der Waals surface area contributed by atoms with Gasteiger partial charge in [0.15, 0.2) is 5.76 Å². The zero-order chi connectivity index (χ0) is 21.0. The van der Waals surface area contributed by atoms with Crippen LogP contribution < -0.4 is 10.6 Å². The van der Waals surface area contributed by atoms with Crippen molar-refractivity contribution < 1.29 is 18.8 Å². The molecule has 1 saturated heterocycles. The minimum atomic E-state index is -0.434. The lowest BCUT2D eigenvalue weighted by Crippen LogP contribution is -2.49. The maximum atomic E-state index is 12.4. The van der Waals surface area contributed by atoms with Crippen LogP contribution in [0.1, 0.15) is 39.3 Å². The Morgan fingerprint density at radius 1 is 1.14 bits per heavy atom. The van der Waals surface area contributed by atoms with E-state index < -0.39 is 5.91 Å². The van der Waals surface area contributed by atoms with Crippen molar-refractivity contribution in [2.75, 3.05) is 19.6 Å². The van der Waals surface area contributed by atoms with Crippen molar-refractivity contribution in [2.45, 2.75) is 25.8 Å². The molecule has 1 aromatic heterocycles. The predicted molar refractivity (Wildman–Crippen MR) is 109 cm³/mol. The van der Waals surface area contributed by atoms with E-state index in [2.05, 4.69) is 10.6 Å². The first kappa shape index (κ1) is 21.2. The molecule has 0 saturated carbocycles. The number of rotatable bonds is 5. The van der Waals surface area contributed by atoms with Crippen molar-refractivity contribution >= 4 is 40.9 Å². The molecule has 1 aliphatic heterocycles. The molecule has 3 rings (SSSR count). The van der Waals surface area contributed by atoms with Crippen molar-refractivity contribution in [3.63, 3.8) is 0 Å². The van der Waals surface area contributed by atoms with Gasteiger partial charge in [0.25, 0.3) is 11.8 Å². The van der Waals surface area contributed by atoms with Crippen LogP contribution in [0.3, 0.4) is 0 Å². The van der Waals surface area contributed by atoms with E-state index in [0.29, 0.717) is 36.7 Å². The maximum Gasteiger partial charge on any atom is 0.287 e. The molecular formula is C20H21Cl2N3O4. The van der Waals surface area contributed by atoms with Crippen molar-refractivity contribution in [1.82, 2.24) is 15.5 Å². The summed E-state index contributed by atoms with van der Waals surface area (Å²) < 4.78 is 5.20. The van der Waals surface area contributed by atoms with Crippen LogP contribution in [0.5, 0.6) is 0 Å². The molecule has 0 atom stereocenters. The van der Waals surface area contributed by atoms with Gasteiger partial charge in [-0.15, -0.1) is 0 Å². The lowest BCUT2D eigenvalue weighted by molar-refractivity contribution is -0.131. The number of likely N-dealkylation sites (tertiary alicyclic amines) is 1. The van der Waals surface area contributed by atoms with Gasteiger partial charge in [-0.25, -0.2) is 0 Å². The Bertz CT molecular complexity index is 920. The number of piperidine rings is 1. The standard InChI is InChI=1S/C20H21Cl2N3O4/c1-12-6-9-29-18(12)20(28)24-14-4-7-25(8-5-14)17(26)11-23-19(27)15-3-2-13(21)10-16(15)22/h2-3,6,9-10,14H,4-5,7-8,11H2,1H3,(H,23,27)(H,24,28). The fourth-order valence-corrected chi connectivity index (χ4v) is 3.66. The molecule has 7 nitrogen and oxygen atoms in total. The Kier molecular flexibility index (Phi) is 6.82. The average Bonchev–Trinajstić information content (AvgIpc) is 3.12. The van der Waals surface area contributed by atoms with Gasteiger partial charge in [0.1, 0.15) is 0 Å². The number of halogens is 2. The molecule has 0 spiro atoms.